The van der Waals surface area contributed by atoms with E-state index in [4.69, 9.17) is 9.47 Å². The van der Waals surface area contributed by atoms with Crippen LogP contribution < -0.4 is 13.7 Å². The molecule has 0 radical (unpaired) electrons. The van der Waals surface area contributed by atoms with Crippen molar-refractivity contribution in [2.75, 3.05) is 14.2 Å². The van der Waals surface area contributed by atoms with E-state index in [1.54, 1.807) is 0 Å². The van der Waals surface area contributed by atoms with Crippen LogP contribution >= 0.6 is 0 Å². The fourth-order valence-corrected chi connectivity index (χ4v) is 2.79. The molecule has 9 heteroatoms. The average Bonchev–Trinajstić information content (AvgIpc) is 2.58. The maximum atomic E-state index is 12.5. The van der Waals surface area contributed by atoms with E-state index in [9.17, 15) is 21.6 Å². The van der Waals surface area contributed by atoms with Crippen LogP contribution in [0.25, 0.3) is 0 Å². The zero-order chi connectivity index (χ0) is 21.5. The second-order valence-corrected chi connectivity index (χ2v) is 7.90. The standard InChI is InChI=1S/C19H25F3O5S/c1-13(2)7-6-8-14(3)9-10-16-17(25-4)11-15(12-18(16)26-5)27-28(23,24)19(20,21)22/h7,9,11-12H,6,8,10H2,1-5H3. The van der Waals surface area contributed by atoms with Gasteiger partial charge in [0.2, 0.25) is 0 Å². The second kappa shape index (κ2) is 9.86. The maximum Gasteiger partial charge on any atom is 0.534 e. The van der Waals surface area contributed by atoms with Crippen LogP contribution in [0.1, 0.15) is 39.2 Å². The lowest BCUT2D eigenvalue weighted by Gasteiger charge is -2.16. The molecule has 0 saturated carbocycles. The summed E-state index contributed by atoms with van der Waals surface area (Å²) in [4.78, 5) is 0. The van der Waals surface area contributed by atoms with Gasteiger partial charge in [-0.25, -0.2) is 0 Å². The lowest BCUT2D eigenvalue weighted by molar-refractivity contribution is -0.0500. The van der Waals surface area contributed by atoms with Crippen LogP contribution in [0.5, 0.6) is 17.2 Å². The lowest BCUT2D eigenvalue weighted by Crippen LogP contribution is -2.28. The third kappa shape index (κ3) is 6.78. The molecule has 0 aromatic heterocycles. The molecule has 0 spiro atoms. The van der Waals surface area contributed by atoms with Crippen LogP contribution in [0.3, 0.4) is 0 Å². The molecule has 0 heterocycles. The Hall–Kier alpha value is -2.16. The van der Waals surface area contributed by atoms with Crippen molar-refractivity contribution in [3.63, 3.8) is 0 Å². The van der Waals surface area contributed by atoms with Crippen molar-refractivity contribution in [3.8, 4) is 17.2 Å². The van der Waals surface area contributed by atoms with Crippen LogP contribution in [0.15, 0.2) is 35.4 Å². The van der Waals surface area contributed by atoms with Crippen molar-refractivity contribution >= 4 is 10.1 Å². The number of allylic oxidation sites excluding steroid dienone is 4. The summed E-state index contributed by atoms with van der Waals surface area (Å²) in [5.74, 6) is -0.209. The summed E-state index contributed by atoms with van der Waals surface area (Å²) >= 11 is 0. The molecule has 0 fully saturated rings. The van der Waals surface area contributed by atoms with E-state index in [0.717, 1.165) is 30.5 Å². The third-order valence-electron chi connectivity index (χ3n) is 3.82. The first-order valence-electron chi connectivity index (χ1n) is 8.46. The Morgan fingerprint density at radius 1 is 1.04 bits per heavy atom. The molecule has 0 aliphatic rings. The third-order valence-corrected chi connectivity index (χ3v) is 4.80. The van der Waals surface area contributed by atoms with Crippen LogP contribution in [-0.2, 0) is 16.5 Å². The van der Waals surface area contributed by atoms with E-state index in [-0.39, 0.29) is 11.5 Å². The van der Waals surface area contributed by atoms with E-state index < -0.39 is 21.4 Å². The van der Waals surface area contributed by atoms with Crippen molar-refractivity contribution < 1.29 is 35.2 Å². The summed E-state index contributed by atoms with van der Waals surface area (Å²) in [6, 6.07) is 2.18. The van der Waals surface area contributed by atoms with Crippen LogP contribution in [-0.4, -0.2) is 28.1 Å². The molecule has 158 valence electrons. The summed E-state index contributed by atoms with van der Waals surface area (Å²) in [5.41, 5.74) is -2.59. The smallest absolute Gasteiger partial charge is 0.496 e. The molecule has 0 aliphatic carbocycles. The average molecular weight is 422 g/mol. The van der Waals surface area contributed by atoms with Gasteiger partial charge in [0.1, 0.15) is 17.2 Å². The molecular weight excluding hydrogens is 397 g/mol. The molecule has 0 unspecified atom stereocenters. The molecule has 0 aliphatic heterocycles. The summed E-state index contributed by atoms with van der Waals surface area (Å²) in [7, 11) is -3.13. The Bertz CT molecular complexity index is 811. The Morgan fingerprint density at radius 2 is 1.57 bits per heavy atom. The summed E-state index contributed by atoms with van der Waals surface area (Å²) in [5, 5.41) is 0. The Kier molecular flexibility index (Phi) is 8.41. The zero-order valence-electron chi connectivity index (χ0n) is 16.5. The van der Waals surface area contributed by atoms with Gasteiger partial charge in [0.05, 0.1) is 14.2 Å². The van der Waals surface area contributed by atoms with Crippen molar-refractivity contribution in [1.82, 2.24) is 0 Å². The molecule has 1 rings (SSSR count). The Morgan fingerprint density at radius 3 is 2.00 bits per heavy atom. The van der Waals surface area contributed by atoms with E-state index in [1.165, 1.54) is 19.8 Å². The van der Waals surface area contributed by atoms with E-state index in [2.05, 4.69) is 10.3 Å². The van der Waals surface area contributed by atoms with Gasteiger partial charge in [0.15, 0.2) is 0 Å². The first-order valence-corrected chi connectivity index (χ1v) is 9.86. The van der Waals surface area contributed by atoms with E-state index >= 15 is 0 Å². The molecule has 0 saturated heterocycles. The minimum Gasteiger partial charge on any atom is -0.496 e. The minimum atomic E-state index is -5.79. The summed E-state index contributed by atoms with van der Waals surface area (Å²) in [6.07, 6.45) is 6.26. The quantitative estimate of drug-likeness (QED) is 0.312. The first kappa shape index (κ1) is 23.9. The number of benzene rings is 1. The molecule has 1 aromatic rings. The zero-order valence-corrected chi connectivity index (χ0v) is 17.3. The number of methoxy groups -OCH3 is 2. The lowest BCUT2D eigenvalue weighted by atomic mass is 10.0. The number of rotatable bonds is 9. The molecule has 0 amide bonds. The van der Waals surface area contributed by atoms with Crippen molar-refractivity contribution in [3.05, 3.63) is 41.0 Å². The first-order chi connectivity index (χ1) is 12.9. The minimum absolute atomic E-state index is 0.167. The summed E-state index contributed by atoms with van der Waals surface area (Å²) < 4.78 is 74.6. The molecule has 28 heavy (non-hydrogen) atoms. The molecule has 0 N–H and O–H groups in total. The van der Waals surface area contributed by atoms with Crippen molar-refractivity contribution in [2.24, 2.45) is 0 Å². The highest BCUT2D eigenvalue weighted by Crippen LogP contribution is 2.37. The van der Waals surface area contributed by atoms with Crippen LogP contribution in [0, 0.1) is 0 Å². The van der Waals surface area contributed by atoms with Crippen LogP contribution in [0.2, 0.25) is 0 Å². The number of halogens is 3. The fourth-order valence-electron chi connectivity index (χ4n) is 2.35. The van der Waals surface area contributed by atoms with Gasteiger partial charge < -0.3 is 13.7 Å². The molecule has 0 bridgehead atoms. The Balaban J connectivity index is 3.13. The van der Waals surface area contributed by atoms with Gasteiger partial charge in [-0.2, -0.15) is 21.6 Å². The van der Waals surface area contributed by atoms with Gasteiger partial charge in [0, 0.05) is 17.7 Å². The highest BCUT2D eigenvalue weighted by molar-refractivity contribution is 7.88. The topological polar surface area (TPSA) is 61.8 Å². The second-order valence-electron chi connectivity index (χ2n) is 6.36. The molecular formula is C19H25F3O5S. The normalized spacial score (nSPS) is 12.5. The van der Waals surface area contributed by atoms with Gasteiger partial charge in [-0.15, -0.1) is 0 Å². The Labute approximate surface area is 163 Å². The van der Waals surface area contributed by atoms with Crippen molar-refractivity contribution in [2.45, 2.75) is 45.5 Å². The van der Waals surface area contributed by atoms with Gasteiger partial charge >= 0.3 is 15.6 Å². The predicted octanol–water partition coefficient (Wildman–Crippen LogP) is 5.17. The van der Waals surface area contributed by atoms with Gasteiger partial charge in [-0.3, -0.25) is 0 Å². The fraction of sp³-hybridized carbons (Fsp3) is 0.474. The van der Waals surface area contributed by atoms with Crippen molar-refractivity contribution in [1.29, 1.82) is 0 Å². The van der Waals surface area contributed by atoms with Gasteiger partial charge in [-0.05, 0) is 40.0 Å². The maximum absolute atomic E-state index is 12.5. The van der Waals surface area contributed by atoms with Crippen LogP contribution in [0.4, 0.5) is 13.2 Å². The number of hydrogen-bond acceptors (Lipinski definition) is 5. The SMILES string of the molecule is COc1cc(OS(=O)(=O)C(F)(F)F)cc(OC)c1CC=C(C)CCC=C(C)C. The monoisotopic (exact) mass is 422 g/mol. The highest BCUT2D eigenvalue weighted by Gasteiger charge is 2.48. The predicted molar refractivity (Wildman–Crippen MR) is 101 cm³/mol. The molecule has 1 aromatic carbocycles. The summed E-state index contributed by atoms with van der Waals surface area (Å²) in [6.45, 7) is 6.03. The van der Waals surface area contributed by atoms with Gasteiger partial charge in [0.25, 0.3) is 0 Å². The van der Waals surface area contributed by atoms with E-state index in [1.807, 2.05) is 26.8 Å². The largest absolute Gasteiger partial charge is 0.534 e. The number of hydrogen-bond donors (Lipinski definition) is 0. The molecule has 0 atom stereocenters. The number of alkyl halides is 3. The van der Waals surface area contributed by atoms with E-state index in [0.29, 0.717) is 12.0 Å². The van der Waals surface area contributed by atoms with Gasteiger partial charge in [-0.1, -0.05) is 23.3 Å². The highest BCUT2D eigenvalue weighted by atomic mass is 32.2. The number of ether oxygens (including phenoxy) is 2. The molecule has 5 nitrogen and oxygen atoms in total.